The van der Waals surface area contributed by atoms with Gasteiger partial charge in [0.15, 0.2) is 0 Å². The first kappa shape index (κ1) is 16.3. The molecule has 6 heteroatoms. The topological polar surface area (TPSA) is 35.5 Å². The number of hydrogen-bond acceptors (Lipinski definition) is 3. The minimum Gasteiger partial charge on any atom is -0.434 e. The largest absolute Gasteiger partial charge is 0.508 e. The summed E-state index contributed by atoms with van der Waals surface area (Å²) in [5, 5.41) is 0. The van der Waals surface area contributed by atoms with Crippen LogP contribution >= 0.6 is 0 Å². The summed E-state index contributed by atoms with van der Waals surface area (Å²) < 4.78 is 47.2. The quantitative estimate of drug-likeness (QED) is 0.783. The van der Waals surface area contributed by atoms with Gasteiger partial charge in [0.1, 0.15) is 5.60 Å². The summed E-state index contributed by atoms with van der Waals surface area (Å²) >= 11 is 0. The minimum atomic E-state index is -4.37. The molecule has 0 amide bonds. The smallest absolute Gasteiger partial charge is 0.434 e. The molecule has 0 heterocycles. The average molecular weight is 290 g/mol. The van der Waals surface area contributed by atoms with E-state index in [1.165, 1.54) is 6.07 Å². The molecule has 0 bridgehead atoms. The molecular weight excluding hydrogens is 273 g/mol. The molecule has 0 aliphatic rings. The number of alkyl halides is 3. The SMILES string of the molecule is CC(C)(C)OC(=O)OCCc1cccc(C(F)(F)F)c1. The fourth-order valence-corrected chi connectivity index (χ4v) is 1.43. The van der Waals surface area contributed by atoms with Crippen molar-refractivity contribution in [3.63, 3.8) is 0 Å². The lowest BCUT2D eigenvalue weighted by atomic mass is 10.1. The van der Waals surface area contributed by atoms with E-state index in [4.69, 9.17) is 9.47 Å². The molecule has 1 aromatic carbocycles. The molecule has 0 aliphatic heterocycles. The van der Waals surface area contributed by atoms with Crippen LogP contribution in [0.1, 0.15) is 31.9 Å². The number of halogens is 3. The second-order valence-corrected chi connectivity index (χ2v) is 5.26. The second-order valence-electron chi connectivity index (χ2n) is 5.26. The maximum absolute atomic E-state index is 12.5. The number of hydrogen-bond donors (Lipinski definition) is 0. The number of benzene rings is 1. The van der Waals surface area contributed by atoms with E-state index in [0.717, 1.165) is 12.1 Å². The van der Waals surface area contributed by atoms with E-state index >= 15 is 0 Å². The minimum absolute atomic E-state index is 0.0315. The Balaban J connectivity index is 2.49. The molecule has 1 rings (SSSR count). The van der Waals surface area contributed by atoms with Gasteiger partial charge in [-0.3, -0.25) is 0 Å². The van der Waals surface area contributed by atoms with E-state index in [1.54, 1.807) is 26.8 Å². The molecule has 0 aliphatic carbocycles. The third kappa shape index (κ3) is 5.95. The number of carbonyl (C=O) groups excluding carboxylic acids is 1. The molecule has 20 heavy (non-hydrogen) atoms. The zero-order valence-corrected chi connectivity index (χ0v) is 11.6. The van der Waals surface area contributed by atoms with E-state index in [1.807, 2.05) is 0 Å². The number of carbonyl (C=O) groups is 1. The summed E-state index contributed by atoms with van der Waals surface area (Å²) in [6.07, 6.45) is -5.00. The van der Waals surface area contributed by atoms with Crippen molar-refractivity contribution in [3.05, 3.63) is 35.4 Å². The van der Waals surface area contributed by atoms with Crippen LogP contribution in [-0.2, 0) is 22.1 Å². The van der Waals surface area contributed by atoms with Gasteiger partial charge in [-0.1, -0.05) is 18.2 Å². The van der Waals surface area contributed by atoms with Gasteiger partial charge < -0.3 is 9.47 Å². The molecule has 0 atom stereocenters. The Morgan fingerprint density at radius 2 is 1.85 bits per heavy atom. The fraction of sp³-hybridized carbons (Fsp3) is 0.500. The van der Waals surface area contributed by atoms with Crippen LogP contribution in [0, 0.1) is 0 Å². The highest BCUT2D eigenvalue weighted by Crippen LogP contribution is 2.29. The van der Waals surface area contributed by atoms with Crippen LogP contribution in [0.25, 0.3) is 0 Å². The van der Waals surface area contributed by atoms with Gasteiger partial charge in [-0.15, -0.1) is 0 Å². The van der Waals surface area contributed by atoms with E-state index in [0.29, 0.717) is 5.56 Å². The molecular formula is C14H17F3O3. The third-order valence-corrected chi connectivity index (χ3v) is 2.25. The Labute approximate surface area is 115 Å². The van der Waals surface area contributed by atoms with Gasteiger partial charge in [0, 0.05) is 6.42 Å². The molecule has 3 nitrogen and oxygen atoms in total. The lowest BCUT2D eigenvalue weighted by Crippen LogP contribution is -2.24. The van der Waals surface area contributed by atoms with Crippen LogP contribution in [0.4, 0.5) is 18.0 Å². The summed E-state index contributed by atoms with van der Waals surface area (Å²) in [4.78, 5) is 11.3. The molecule has 0 radical (unpaired) electrons. The van der Waals surface area contributed by atoms with Crippen molar-refractivity contribution in [2.24, 2.45) is 0 Å². The first-order chi connectivity index (χ1) is 9.08. The van der Waals surface area contributed by atoms with Crippen molar-refractivity contribution in [3.8, 4) is 0 Å². The van der Waals surface area contributed by atoms with Gasteiger partial charge in [0.2, 0.25) is 0 Å². The summed E-state index contributed by atoms with van der Waals surface area (Å²) in [6.45, 7) is 5.05. The Bertz CT molecular complexity index is 461. The van der Waals surface area contributed by atoms with E-state index in [9.17, 15) is 18.0 Å². The van der Waals surface area contributed by atoms with Crippen molar-refractivity contribution in [2.75, 3.05) is 6.61 Å². The zero-order chi connectivity index (χ0) is 15.4. The summed E-state index contributed by atoms with van der Waals surface area (Å²) in [6, 6.07) is 4.91. The standard InChI is InChI=1S/C14H17F3O3/c1-13(2,3)20-12(18)19-8-7-10-5-4-6-11(9-10)14(15,16)17/h4-6,9H,7-8H2,1-3H3. The predicted molar refractivity (Wildman–Crippen MR) is 67.3 cm³/mol. The normalized spacial score (nSPS) is 12.1. The monoisotopic (exact) mass is 290 g/mol. The lowest BCUT2D eigenvalue weighted by Gasteiger charge is -2.18. The number of ether oxygens (including phenoxy) is 2. The van der Waals surface area contributed by atoms with Gasteiger partial charge in [-0.25, -0.2) is 4.79 Å². The summed E-state index contributed by atoms with van der Waals surface area (Å²) in [5.74, 6) is 0. The predicted octanol–water partition coefficient (Wildman–Crippen LogP) is 4.20. The van der Waals surface area contributed by atoms with E-state index in [2.05, 4.69) is 0 Å². The maximum atomic E-state index is 12.5. The van der Waals surface area contributed by atoms with Crippen LogP contribution in [0.3, 0.4) is 0 Å². The van der Waals surface area contributed by atoms with Gasteiger partial charge in [0.25, 0.3) is 0 Å². The molecule has 1 aromatic rings. The van der Waals surface area contributed by atoms with E-state index < -0.39 is 23.5 Å². The van der Waals surface area contributed by atoms with Crippen molar-refractivity contribution >= 4 is 6.16 Å². The zero-order valence-electron chi connectivity index (χ0n) is 11.6. The van der Waals surface area contributed by atoms with Gasteiger partial charge in [-0.2, -0.15) is 13.2 Å². The Morgan fingerprint density at radius 1 is 1.20 bits per heavy atom. The Hall–Kier alpha value is -1.72. The highest BCUT2D eigenvalue weighted by atomic mass is 19.4. The molecule has 0 spiro atoms. The molecule has 0 unspecified atom stereocenters. The lowest BCUT2D eigenvalue weighted by molar-refractivity contribution is -0.137. The van der Waals surface area contributed by atoms with Crippen molar-refractivity contribution in [1.82, 2.24) is 0 Å². The molecule has 0 saturated carbocycles. The maximum Gasteiger partial charge on any atom is 0.508 e. The molecule has 0 saturated heterocycles. The first-order valence-electron chi connectivity index (χ1n) is 6.10. The average Bonchev–Trinajstić information content (AvgIpc) is 2.25. The first-order valence-corrected chi connectivity index (χ1v) is 6.10. The van der Waals surface area contributed by atoms with E-state index in [-0.39, 0.29) is 13.0 Å². The Morgan fingerprint density at radius 3 is 2.40 bits per heavy atom. The van der Waals surface area contributed by atoms with Crippen molar-refractivity contribution < 1.29 is 27.4 Å². The van der Waals surface area contributed by atoms with Crippen LogP contribution in [-0.4, -0.2) is 18.4 Å². The fourth-order valence-electron chi connectivity index (χ4n) is 1.43. The Kier molecular flexibility index (Phi) is 5.03. The molecule has 0 N–H and O–H groups in total. The second kappa shape index (κ2) is 6.15. The van der Waals surface area contributed by atoms with Crippen LogP contribution in [0.5, 0.6) is 0 Å². The van der Waals surface area contributed by atoms with Gasteiger partial charge >= 0.3 is 12.3 Å². The van der Waals surface area contributed by atoms with Crippen LogP contribution < -0.4 is 0 Å². The van der Waals surface area contributed by atoms with Gasteiger partial charge in [0.05, 0.1) is 12.2 Å². The van der Waals surface area contributed by atoms with Crippen LogP contribution in [0.15, 0.2) is 24.3 Å². The van der Waals surface area contributed by atoms with Crippen molar-refractivity contribution in [1.29, 1.82) is 0 Å². The van der Waals surface area contributed by atoms with Crippen LogP contribution in [0.2, 0.25) is 0 Å². The highest BCUT2D eigenvalue weighted by Gasteiger charge is 2.30. The molecule has 0 aromatic heterocycles. The molecule has 112 valence electrons. The number of rotatable bonds is 3. The van der Waals surface area contributed by atoms with Gasteiger partial charge in [-0.05, 0) is 32.4 Å². The summed E-state index contributed by atoms with van der Waals surface area (Å²) in [7, 11) is 0. The highest BCUT2D eigenvalue weighted by molar-refractivity contribution is 5.60. The van der Waals surface area contributed by atoms with Crippen molar-refractivity contribution in [2.45, 2.75) is 39.0 Å². The third-order valence-electron chi connectivity index (χ3n) is 2.25. The molecule has 0 fully saturated rings. The summed E-state index contributed by atoms with van der Waals surface area (Å²) in [5.41, 5.74) is -0.927.